The van der Waals surface area contributed by atoms with Gasteiger partial charge in [-0.25, -0.2) is 9.97 Å². The maximum Gasteiger partial charge on any atom is 0.418 e. The van der Waals surface area contributed by atoms with E-state index in [-0.39, 0.29) is 5.69 Å². The van der Waals surface area contributed by atoms with Gasteiger partial charge in [0.25, 0.3) is 0 Å². The van der Waals surface area contributed by atoms with Gasteiger partial charge in [-0.15, -0.1) is 0 Å². The van der Waals surface area contributed by atoms with E-state index in [4.69, 9.17) is 9.97 Å². The van der Waals surface area contributed by atoms with E-state index in [0.717, 1.165) is 37.3 Å². The SMILES string of the molecule is Cc1ccccc1CCNc1nc(CN2CCCC3CCCC=C32)nc2cc(-c3ncccc3C(F)(F)F)ccc12. The number of hydrogen-bond acceptors (Lipinski definition) is 5. The highest BCUT2D eigenvalue weighted by Gasteiger charge is 2.34. The number of rotatable bonds is 7. The molecule has 0 spiro atoms. The molecular formula is C33H34F3N5. The lowest BCUT2D eigenvalue weighted by atomic mass is 9.85. The molecule has 2 aromatic carbocycles. The quantitative estimate of drug-likeness (QED) is 0.250. The van der Waals surface area contributed by atoms with Crippen LogP contribution in [0.1, 0.15) is 54.6 Å². The number of allylic oxidation sites excluding steroid dienone is 2. The van der Waals surface area contributed by atoms with E-state index in [2.05, 4.69) is 40.3 Å². The summed E-state index contributed by atoms with van der Waals surface area (Å²) in [5.41, 5.74) is 4.04. The predicted molar refractivity (Wildman–Crippen MR) is 156 cm³/mol. The van der Waals surface area contributed by atoms with Crippen molar-refractivity contribution in [2.75, 3.05) is 18.4 Å². The summed E-state index contributed by atoms with van der Waals surface area (Å²) in [7, 11) is 0. The van der Waals surface area contributed by atoms with Crippen molar-refractivity contribution in [2.45, 2.75) is 58.2 Å². The highest BCUT2D eigenvalue weighted by molar-refractivity contribution is 5.92. The first-order chi connectivity index (χ1) is 19.9. The van der Waals surface area contributed by atoms with Crippen LogP contribution < -0.4 is 5.32 Å². The van der Waals surface area contributed by atoms with Gasteiger partial charge in [0.2, 0.25) is 0 Å². The Hall–Kier alpha value is -3.94. The van der Waals surface area contributed by atoms with Crippen molar-refractivity contribution in [2.24, 2.45) is 5.92 Å². The van der Waals surface area contributed by atoms with Crippen molar-refractivity contribution in [3.8, 4) is 11.3 Å². The van der Waals surface area contributed by atoms with Crippen LogP contribution in [-0.4, -0.2) is 32.9 Å². The number of aryl methyl sites for hydroxylation is 1. The van der Waals surface area contributed by atoms with Gasteiger partial charge in [0.15, 0.2) is 5.82 Å². The minimum atomic E-state index is -4.50. The lowest BCUT2D eigenvalue weighted by Gasteiger charge is -2.39. The fraction of sp³-hybridized carbons (Fsp3) is 0.364. The van der Waals surface area contributed by atoms with Crippen molar-refractivity contribution in [3.63, 3.8) is 0 Å². The fourth-order valence-corrected chi connectivity index (χ4v) is 6.21. The number of nitrogens with one attached hydrogen (secondary N) is 1. The molecule has 2 aliphatic rings. The third-order valence-corrected chi connectivity index (χ3v) is 8.28. The van der Waals surface area contributed by atoms with Gasteiger partial charge in [0.1, 0.15) is 5.82 Å². The Labute approximate surface area is 238 Å². The van der Waals surface area contributed by atoms with E-state index >= 15 is 0 Å². The van der Waals surface area contributed by atoms with Crippen LogP contribution in [0.25, 0.3) is 22.2 Å². The number of piperidine rings is 1. The monoisotopic (exact) mass is 557 g/mol. The molecule has 6 rings (SSSR count). The zero-order valence-electron chi connectivity index (χ0n) is 23.2. The van der Waals surface area contributed by atoms with Gasteiger partial charge in [0, 0.05) is 35.9 Å². The number of alkyl halides is 3. The summed E-state index contributed by atoms with van der Waals surface area (Å²) in [6, 6.07) is 15.9. The highest BCUT2D eigenvalue weighted by atomic mass is 19.4. The van der Waals surface area contributed by atoms with Gasteiger partial charge < -0.3 is 10.2 Å². The molecule has 0 radical (unpaired) electrons. The Kier molecular flexibility index (Phi) is 7.65. The van der Waals surface area contributed by atoms with Crippen LogP contribution in [0, 0.1) is 12.8 Å². The molecule has 212 valence electrons. The minimum absolute atomic E-state index is 0.0950. The number of nitrogens with zero attached hydrogens (tertiary/aromatic N) is 4. The lowest BCUT2D eigenvalue weighted by Crippen LogP contribution is -2.34. The molecule has 4 aromatic rings. The summed E-state index contributed by atoms with van der Waals surface area (Å²) in [4.78, 5) is 16.4. The Morgan fingerprint density at radius 1 is 1.00 bits per heavy atom. The van der Waals surface area contributed by atoms with E-state index in [1.807, 2.05) is 12.1 Å². The molecule has 0 amide bonds. The van der Waals surface area contributed by atoms with Crippen LogP contribution in [0.3, 0.4) is 0 Å². The second kappa shape index (κ2) is 11.5. The maximum atomic E-state index is 13.8. The molecule has 1 fully saturated rings. The standard InChI is InChI=1S/C33H34F3N5/c1-22-8-2-3-9-23(22)16-18-38-32-26-15-14-25(31-27(33(34,35)36)12-6-17-37-31)20-28(26)39-30(40-32)21-41-19-7-11-24-10-4-5-13-29(24)41/h2-3,6,8-9,12-15,17,20,24H,4-5,7,10-11,16,18-19,21H2,1H3,(H,38,39,40). The molecule has 1 atom stereocenters. The van der Waals surface area contributed by atoms with Crippen molar-refractivity contribution in [1.29, 1.82) is 0 Å². The average Bonchev–Trinajstić information content (AvgIpc) is 2.97. The molecular weight excluding hydrogens is 523 g/mol. The summed E-state index contributed by atoms with van der Waals surface area (Å²) in [6.07, 6.45) is 6.01. The molecule has 8 heteroatoms. The van der Waals surface area contributed by atoms with Crippen molar-refractivity contribution in [1.82, 2.24) is 19.9 Å². The first kappa shape index (κ1) is 27.2. The zero-order valence-corrected chi connectivity index (χ0v) is 23.2. The minimum Gasteiger partial charge on any atom is -0.369 e. The molecule has 5 nitrogen and oxygen atoms in total. The van der Waals surface area contributed by atoms with E-state index in [9.17, 15) is 13.2 Å². The Morgan fingerprint density at radius 3 is 2.71 bits per heavy atom. The van der Waals surface area contributed by atoms with Gasteiger partial charge in [-0.05, 0) is 86.8 Å². The van der Waals surface area contributed by atoms with Gasteiger partial charge in [0.05, 0.1) is 23.3 Å². The molecule has 1 unspecified atom stereocenters. The number of anilines is 1. The third-order valence-electron chi connectivity index (χ3n) is 8.28. The molecule has 0 bridgehead atoms. The van der Waals surface area contributed by atoms with Gasteiger partial charge >= 0.3 is 6.18 Å². The lowest BCUT2D eigenvalue weighted by molar-refractivity contribution is -0.137. The summed E-state index contributed by atoms with van der Waals surface area (Å²) < 4.78 is 41.4. The Bertz CT molecular complexity index is 1580. The number of pyridine rings is 1. The molecule has 3 heterocycles. The number of aromatic nitrogens is 3. The van der Waals surface area contributed by atoms with Crippen molar-refractivity contribution < 1.29 is 13.2 Å². The van der Waals surface area contributed by atoms with E-state index in [0.29, 0.717) is 41.7 Å². The predicted octanol–water partition coefficient (Wildman–Crippen LogP) is 7.95. The first-order valence-corrected chi connectivity index (χ1v) is 14.4. The maximum absolute atomic E-state index is 13.8. The van der Waals surface area contributed by atoms with Crippen LogP contribution in [0.15, 0.2) is 72.6 Å². The van der Waals surface area contributed by atoms with Crippen LogP contribution in [-0.2, 0) is 19.1 Å². The number of benzene rings is 2. The first-order valence-electron chi connectivity index (χ1n) is 14.4. The smallest absolute Gasteiger partial charge is 0.369 e. The van der Waals surface area contributed by atoms with Crippen LogP contribution in [0.5, 0.6) is 0 Å². The zero-order chi connectivity index (χ0) is 28.4. The molecule has 1 saturated heterocycles. The second-order valence-corrected chi connectivity index (χ2v) is 11.0. The Balaban J connectivity index is 1.36. The second-order valence-electron chi connectivity index (χ2n) is 11.0. The molecule has 2 aromatic heterocycles. The molecule has 1 N–H and O–H groups in total. The summed E-state index contributed by atoms with van der Waals surface area (Å²) in [6.45, 7) is 4.32. The summed E-state index contributed by atoms with van der Waals surface area (Å²) >= 11 is 0. The fourth-order valence-electron chi connectivity index (χ4n) is 6.21. The molecule has 1 aliphatic heterocycles. The molecule has 41 heavy (non-hydrogen) atoms. The van der Waals surface area contributed by atoms with Crippen LogP contribution >= 0.6 is 0 Å². The van der Waals surface area contributed by atoms with Gasteiger partial charge in [-0.3, -0.25) is 4.98 Å². The molecule has 0 saturated carbocycles. The number of hydrogen-bond donors (Lipinski definition) is 1. The van der Waals surface area contributed by atoms with E-state index in [1.54, 1.807) is 18.2 Å². The van der Waals surface area contributed by atoms with Crippen LogP contribution in [0.4, 0.5) is 19.0 Å². The average molecular weight is 558 g/mol. The topological polar surface area (TPSA) is 53.9 Å². The molecule has 1 aliphatic carbocycles. The van der Waals surface area contributed by atoms with Crippen molar-refractivity contribution >= 4 is 16.7 Å². The number of likely N-dealkylation sites (tertiary alicyclic amines) is 1. The van der Waals surface area contributed by atoms with Crippen LogP contribution in [0.2, 0.25) is 0 Å². The largest absolute Gasteiger partial charge is 0.418 e. The highest BCUT2D eigenvalue weighted by Crippen LogP contribution is 2.38. The van der Waals surface area contributed by atoms with Crippen molar-refractivity contribution in [3.05, 3.63) is 95.1 Å². The number of halogens is 3. The van der Waals surface area contributed by atoms with E-state index in [1.165, 1.54) is 48.3 Å². The van der Waals surface area contributed by atoms with Gasteiger partial charge in [-0.1, -0.05) is 36.4 Å². The third kappa shape index (κ3) is 5.92. The Morgan fingerprint density at radius 2 is 1.85 bits per heavy atom. The van der Waals surface area contributed by atoms with E-state index < -0.39 is 11.7 Å². The summed E-state index contributed by atoms with van der Waals surface area (Å²) in [5, 5.41) is 4.29. The number of fused-ring (bicyclic) bond motifs is 2. The summed E-state index contributed by atoms with van der Waals surface area (Å²) in [5.74, 6) is 1.96. The van der Waals surface area contributed by atoms with Gasteiger partial charge in [-0.2, -0.15) is 13.2 Å². The normalized spacial score (nSPS) is 17.3.